The van der Waals surface area contributed by atoms with Crippen LogP contribution in [-0.4, -0.2) is 40.5 Å². The summed E-state index contributed by atoms with van der Waals surface area (Å²) >= 11 is 5.04. The average molecular weight is 241 g/mol. The number of carbonyl (C=O) groups excluding carboxylic acids is 1. The number of carbonyl (C=O) groups is 1. The predicted molar refractivity (Wildman–Crippen MR) is 67.1 cm³/mol. The van der Waals surface area contributed by atoms with Crippen LogP contribution in [0.2, 0.25) is 0 Å². The number of rotatable bonds is 4. The molecule has 3 N–H and O–H groups in total. The molecule has 1 saturated heterocycles. The SMILES string of the molecule is CC(C(=O)NC1CC1)N1CCCC1C(N)=S. The van der Waals surface area contributed by atoms with Crippen LogP contribution in [0.3, 0.4) is 0 Å². The summed E-state index contributed by atoms with van der Waals surface area (Å²) < 4.78 is 0. The highest BCUT2D eigenvalue weighted by Crippen LogP contribution is 2.22. The molecule has 0 spiro atoms. The Kier molecular flexibility index (Phi) is 3.44. The van der Waals surface area contributed by atoms with Gasteiger partial charge in [0.1, 0.15) is 0 Å². The van der Waals surface area contributed by atoms with Gasteiger partial charge in [-0.2, -0.15) is 0 Å². The number of nitrogens with zero attached hydrogens (tertiary/aromatic N) is 1. The third-order valence-electron chi connectivity index (χ3n) is 3.42. The lowest BCUT2D eigenvalue weighted by Gasteiger charge is -2.29. The minimum Gasteiger partial charge on any atom is -0.392 e. The maximum atomic E-state index is 11.9. The van der Waals surface area contributed by atoms with Gasteiger partial charge < -0.3 is 11.1 Å². The summed E-state index contributed by atoms with van der Waals surface area (Å²) in [5.41, 5.74) is 5.70. The maximum absolute atomic E-state index is 11.9. The Balaban J connectivity index is 1.93. The first-order valence-electron chi connectivity index (χ1n) is 5.95. The molecule has 1 aliphatic heterocycles. The van der Waals surface area contributed by atoms with E-state index in [4.69, 9.17) is 18.0 Å². The first-order chi connectivity index (χ1) is 7.59. The molecule has 1 amide bonds. The highest BCUT2D eigenvalue weighted by molar-refractivity contribution is 7.80. The molecule has 0 radical (unpaired) electrons. The number of likely N-dealkylation sites (tertiary alicyclic amines) is 1. The third-order valence-corrected chi connectivity index (χ3v) is 3.70. The normalized spacial score (nSPS) is 27.7. The van der Waals surface area contributed by atoms with Crippen LogP contribution in [0.15, 0.2) is 0 Å². The molecule has 1 aliphatic carbocycles. The zero-order valence-electron chi connectivity index (χ0n) is 9.61. The number of hydrogen-bond donors (Lipinski definition) is 2. The molecule has 5 heteroatoms. The first kappa shape index (κ1) is 11.8. The van der Waals surface area contributed by atoms with Gasteiger partial charge in [0.15, 0.2) is 0 Å². The molecular formula is C11H19N3OS. The fourth-order valence-corrected chi connectivity index (χ4v) is 2.51. The quantitative estimate of drug-likeness (QED) is 0.700. The third kappa shape index (κ3) is 2.52. The zero-order chi connectivity index (χ0) is 11.7. The van der Waals surface area contributed by atoms with E-state index in [1.54, 1.807) is 0 Å². The van der Waals surface area contributed by atoms with Gasteiger partial charge in [-0.15, -0.1) is 0 Å². The van der Waals surface area contributed by atoms with E-state index >= 15 is 0 Å². The van der Waals surface area contributed by atoms with Crippen LogP contribution in [0.25, 0.3) is 0 Å². The fraction of sp³-hybridized carbons (Fsp3) is 0.818. The van der Waals surface area contributed by atoms with Crippen molar-refractivity contribution in [3.63, 3.8) is 0 Å². The molecule has 1 saturated carbocycles. The molecule has 4 nitrogen and oxygen atoms in total. The molecule has 0 aromatic rings. The number of nitrogens with two attached hydrogens (primary N) is 1. The number of thiocarbonyl (C=S) groups is 1. The summed E-state index contributed by atoms with van der Waals surface area (Å²) in [7, 11) is 0. The molecule has 16 heavy (non-hydrogen) atoms. The van der Waals surface area contributed by atoms with Crippen LogP contribution in [-0.2, 0) is 4.79 Å². The first-order valence-corrected chi connectivity index (χ1v) is 6.36. The van der Waals surface area contributed by atoms with E-state index in [0.717, 1.165) is 32.2 Å². The largest absolute Gasteiger partial charge is 0.392 e. The minimum atomic E-state index is -0.116. The van der Waals surface area contributed by atoms with Crippen molar-refractivity contribution in [3.05, 3.63) is 0 Å². The molecule has 2 fully saturated rings. The van der Waals surface area contributed by atoms with Gasteiger partial charge in [-0.05, 0) is 39.2 Å². The van der Waals surface area contributed by atoms with Gasteiger partial charge in [-0.25, -0.2) is 0 Å². The van der Waals surface area contributed by atoms with Crippen molar-refractivity contribution in [2.45, 2.75) is 50.7 Å². The van der Waals surface area contributed by atoms with Gasteiger partial charge in [-0.1, -0.05) is 12.2 Å². The molecule has 2 rings (SSSR count). The number of nitrogens with one attached hydrogen (secondary N) is 1. The second-order valence-corrected chi connectivity index (χ2v) is 5.23. The van der Waals surface area contributed by atoms with Gasteiger partial charge in [-0.3, -0.25) is 9.69 Å². The topological polar surface area (TPSA) is 58.4 Å². The Labute approximate surface area is 102 Å². The van der Waals surface area contributed by atoms with Crippen LogP contribution in [0, 0.1) is 0 Å². The number of hydrogen-bond acceptors (Lipinski definition) is 3. The van der Waals surface area contributed by atoms with Crippen molar-refractivity contribution in [3.8, 4) is 0 Å². The lowest BCUT2D eigenvalue weighted by molar-refractivity contribution is -0.125. The van der Waals surface area contributed by atoms with Gasteiger partial charge in [0, 0.05) is 6.04 Å². The highest BCUT2D eigenvalue weighted by atomic mass is 32.1. The van der Waals surface area contributed by atoms with Crippen molar-refractivity contribution in [1.29, 1.82) is 0 Å². The second kappa shape index (κ2) is 4.67. The molecule has 0 aromatic heterocycles. The molecule has 0 aromatic carbocycles. The standard InChI is InChI=1S/C11H19N3OS/c1-7(11(15)13-8-4-5-8)14-6-2-3-9(14)10(12)16/h7-9H,2-6H2,1H3,(H2,12,16)(H,13,15). The molecular weight excluding hydrogens is 222 g/mol. The van der Waals surface area contributed by atoms with Crippen LogP contribution >= 0.6 is 12.2 Å². The summed E-state index contributed by atoms with van der Waals surface area (Å²) in [5.74, 6) is 0.116. The Morgan fingerprint density at radius 1 is 1.50 bits per heavy atom. The van der Waals surface area contributed by atoms with Gasteiger partial charge in [0.2, 0.25) is 5.91 Å². The van der Waals surface area contributed by atoms with Crippen LogP contribution in [0.1, 0.15) is 32.6 Å². The molecule has 90 valence electrons. The van der Waals surface area contributed by atoms with E-state index < -0.39 is 0 Å². The maximum Gasteiger partial charge on any atom is 0.237 e. The lowest BCUT2D eigenvalue weighted by atomic mass is 10.2. The number of amides is 1. The average Bonchev–Trinajstić information content (AvgIpc) is 2.91. The van der Waals surface area contributed by atoms with E-state index in [9.17, 15) is 4.79 Å². The van der Waals surface area contributed by atoms with E-state index in [2.05, 4.69) is 10.2 Å². The van der Waals surface area contributed by atoms with Crippen molar-refractivity contribution in [2.75, 3.05) is 6.54 Å². The zero-order valence-corrected chi connectivity index (χ0v) is 10.4. The molecule has 1 heterocycles. The Morgan fingerprint density at radius 2 is 2.19 bits per heavy atom. The Morgan fingerprint density at radius 3 is 2.75 bits per heavy atom. The van der Waals surface area contributed by atoms with Crippen LogP contribution in [0.4, 0.5) is 0 Å². The predicted octanol–water partition coefficient (Wildman–Crippen LogP) is 0.404. The lowest BCUT2D eigenvalue weighted by Crippen LogP contribution is -2.51. The van der Waals surface area contributed by atoms with Crippen molar-refractivity contribution >= 4 is 23.1 Å². The molecule has 2 unspecified atom stereocenters. The minimum absolute atomic E-state index is 0.106. The van der Waals surface area contributed by atoms with E-state index in [0.29, 0.717) is 11.0 Å². The summed E-state index contributed by atoms with van der Waals surface area (Å²) in [5, 5.41) is 3.03. The Bertz CT molecular complexity index is 304. The van der Waals surface area contributed by atoms with E-state index in [-0.39, 0.29) is 18.0 Å². The van der Waals surface area contributed by atoms with Crippen LogP contribution in [0.5, 0.6) is 0 Å². The Hall–Kier alpha value is -0.680. The van der Waals surface area contributed by atoms with Crippen LogP contribution < -0.4 is 11.1 Å². The highest BCUT2D eigenvalue weighted by Gasteiger charge is 2.35. The fourth-order valence-electron chi connectivity index (χ4n) is 2.26. The van der Waals surface area contributed by atoms with Gasteiger partial charge in [0.25, 0.3) is 0 Å². The molecule has 0 bridgehead atoms. The van der Waals surface area contributed by atoms with Crippen molar-refractivity contribution in [1.82, 2.24) is 10.2 Å². The monoisotopic (exact) mass is 241 g/mol. The van der Waals surface area contributed by atoms with Crippen molar-refractivity contribution < 1.29 is 4.79 Å². The van der Waals surface area contributed by atoms with Gasteiger partial charge in [0.05, 0.1) is 17.1 Å². The van der Waals surface area contributed by atoms with Crippen molar-refractivity contribution in [2.24, 2.45) is 5.73 Å². The summed E-state index contributed by atoms with van der Waals surface area (Å²) in [6, 6.07) is 0.408. The molecule has 2 aliphatic rings. The smallest absolute Gasteiger partial charge is 0.237 e. The molecule has 2 atom stereocenters. The van der Waals surface area contributed by atoms with E-state index in [1.165, 1.54) is 0 Å². The second-order valence-electron chi connectivity index (χ2n) is 4.76. The summed E-state index contributed by atoms with van der Waals surface area (Å²) in [4.78, 5) is 14.6. The van der Waals surface area contributed by atoms with E-state index in [1.807, 2.05) is 6.92 Å². The summed E-state index contributed by atoms with van der Waals surface area (Å²) in [6.07, 6.45) is 4.30. The van der Waals surface area contributed by atoms with Gasteiger partial charge >= 0.3 is 0 Å². The summed E-state index contributed by atoms with van der Waals surface area (Å²) in [6.45, 7) is 2.86.